The molecule has 0 aliphatic carbocycles. The highest BCUT2D eigenvalue weighted by Crippen LogP contribution is 2.38. The molecule has 2 rings (SSSR count). The van der Waals surface area contributed by atoms with E-state index in [1.54, 1.807) is 0 Å². The number of aromatic hydroxyl groups is 1. The number of rotatable bonds is 4. The van der Waals surface area contributed by atoms with Crippen molar-refractivity contribution in [1.29, 1.82) is 0 Å². The van der Waals surface area contributed by atoms with E-state index in [-0.39, 0.29) is 17.1 Å². The van der Waals surface area contributed by atoms with Crippen LogP contribution in [0.4, 0.5) is 5.69 Å². The number of phenols is 1. The van der Waals surface area contributed by atoms with E-state index in [1.807, 2.05) is 43.3 Å². The fraction of sp³-hybridized carbons (Fsp3) is 0.188. The maximum atomic E-state index is 11.2. The minimum absolute atomic E-state index is 0.0661. The Hall–Kier alpha value is -2.69. The average molecular weight is 287 g/mol. The van der Waals surface area contributed by atoms with E-state index in [4.69, 9.17) is 9.84 Å². The van der Waals surface area contributed by atoms with Gasteiger partial charge in [0.1, 0.15) is 0 Å². The lowest BCUT2D eigenvalue weighted by Gasteiger charge is -2.14. The van der Waals surface area contributed by atoms with E-state index in [0.29, 0.717) is 5.56 Å². The van der Waals surface area contributed by atoms with Gasteiger partial charge in [0.25, 0.3) is 0 Å². The van der Waals surface area contributed by atoms with Gasteiger partial charge < -0.3 is 19.8 Å². The van der Waals surface area contributed by atoms with Crippen molar-refractivity contribution < 1.29 is 19.7 Å². The topological polar surface area (TPSA) is 70.0 Å². The number of aromatic carboxylic acids is 1. The largest absolute Gasteiger partial charge is 0.504 e. The quantitative estimate of drug-likeness (QED) is 0.905. The number of anilines is 1. The van der Waals surface area contributed by atoms with Crippen molar-refractivity contribution in [3.63, 3.8) is 0 Å². The zero-order valence-corrected chi connectivity index (χ0v) is 12.1. The van der Waals surface area contributed by atoms with Crippen LogP contribution in [-0.4, -0.2) is 37.4 Å². The van der Waals surface area contributed by atoms with Gasteiger partial charge >= 0.3 is 5.97 Å². The number of carbonyl (C=O) groups is 1. The highest BCUT2D eigenvalue weighted by atomic mass is 16.5. The second-order valence-electron chi connectivity index (χ2n) is 4.82. The van der Waals surface area contributed by atoms with Crippen LogP contribution in [0.1, 0.15) is 10.4 Å². The Morgan fingerprint density at radius 3 is 2.24 bits per heavy atom. The molecule has 110 valence electrons. The molecule has 0 radical (unpaired) electrons. The standard InChI is InChI=1S/C16H17NO4/c1-17(2)12-6-4-10(5-7-12)13-8-11(16(19)20)9-14(21-3)15(13)18/h4-9,18H,1-3H3,(H,19,20). The zero-order chi connectivity index (χ0) is 15.6. The number of carboxylic acids is 1. The number of benzene rings is 2. The van der Waals surface area contributed by atoms with Crippen molar-refractivity contribution in [3.05, 3.63) is 42.0 Å². The van der Waals surface area contributed by atoms with Gasteiger partial charge in [-0.2, -0.15) is 0 Å². The molecule has 0 unspecified atom stereocenters. The summed E-state index contributed by atoms with van der Waals surface area (Å²) in [6.07, 6.45) is 0. The van der Waals surface area contributed by atoms with Crippen LogP contribution >= 0.6 is 0 Å². The first kappa shape index (κ1) is 14.7. The van der Waals surface area contributed by atoms with Crippen molar-refractivity contribution in [2.24, 2.45) is 0 Å². The van der Waals surface area contributed by atoms with Gasteiger partial charge in [-0.3, -0.25) is 0 Å². The molecule has 0 fully saturated rings. The van der Waals surface area contributed by atoms with E-state index in [1.165, 1.54) is 19.2 Å². The number of methoxy groups -OCH3 is 1. The number of hydrogen-bond donors (Lipinski definition) is 2. The third kappa shape index (κ3) is 2.91. The number of carboxylic acid groups (broad SMARTS) is 1. The van der Waals surface area contributed by atoms with Crippen LogP contribution in [0.5, 0.6) is 11.5 Å². The third-order valence-electron chi connectivity index (χ3n) is 3.24. The summed E-state index contributed by atoms with van der Waals surface area (Å²) in [5, 5.41) is 19.3. The molecule has 5 heteroatoms. The van der Waals surface area contributed by atoms with Gasteiger partial charge in [-0.25, -0.2) is 4.79 Å². The summed E-state index contributed by atoms with van der Waals surface area (Å²) in [6.45, 7) is 0. The number of hydrogen-bond acceptors (Lipinski definition) is 4. The van der Waals surface area contributed by atoms with Crippen molar-refractivity contribution in [3.8, 4) is 22.6 Å². The molecule has 2 N–H and O–H groups in total. The summed E-state index contributed by atoms with van der Waals surface area (Å²) < 4.78 is 5.04. The first-order chi connectivity index (χ1) is 9.93. The molecule has 21 heavy (non-hydrogen) atoms. The van der Waals surface area contributed by atoms with Crippen LogP contribution in [0.15, 0.2) is 36.4 Å². The monoisotopic (exact) mass is 287 g/mol. The Bertz CT molecular complexity index is 663. The third-order valence-corrected chi connectivity index (χ3v) is 3.24. The molecule has 0 aliphatic heterocycles. The summed E-state index contributed by atoms with van der Waals surface area (Å²) in [6, 6.07) is 10.2. The van der Waals surface area contributed by atoms with Gasteiger partial charge in [-0.05, 0) is 29.8 Å². The van der Waals surface area contributed by atoms with Gasteiger partial charge in [0, 0.05) is 25.3 Å². The molecule has 2 aromatic rings. The second kappa shape index (κ2) is 5.75. The van der Waals surface area contributed by atoms with E-state index >= 15 is 0 Å². The molecular weight excluding hydrogens is 270 g/mol. The van der Waals surface area contributed by atoms with Gasteiger partial charge in [0.2, 0.25) is 0 Å². The van der Waals surface area contributed by atoms with E-state index in [2.05, 4.69) is 0 Å². The molecule has 0 saturated heterocycles. The van der Waals surface area contributed by atoms with Crippen LogP contribution < -0.4 is 9.64 Å². The Morgan fingerprint density at radius 1 is 1.14 bits per heavy atom. The lowest BCUT2D eigenvalue weighted by molar-refractivity contribution is 0.0696. The van der Waals surface area contributed by atoms with Crippen molar-refractivity contribution >= 4 is 11.7 Å². The summed E-state index contributed by atoms with van der Waals surface area (Å²) >= 11 is 0. The second-order valence-corrected chi connectivity index (χ2v) is 4.82. The Balaban J connectivity index is 2.56. The lowest BCUT2D eigenvalue weighted by atomic mass is 10.0. The highest BCUT2D eigenvalue weighted by molar-refractivity contribution is 5.92. The minimum atomic E-state index is -1.07. The zero-order valence-electron chi connectivity index (χ0n) is 12.1. The predicted molar refractivity (Wildman–Crippen MR) is 81.4 cm³/mol. The smallest absolute Gasteiger partial charge is 0.335 e. The summed E-state index contributed by atoms with van der Waals surface area (Å²) in [5.41, 5.74) is 2.23. The first-order valence-electron chi connectivity index (χ1n) is 6.36. The molecule has 0 atom stereocenters. The molecular formula is C16H17NO4. The molecule has 0 amide bonds. The fourth-order valence-electron chi connectivity index (χ4n) is 2.05. The molecule has 0 spiro atoms. The number of phenolic OH excluding ortho intramolecular Hbond substituents is 1. The Labute approximate surface area is 123 Å². The normalized spacial score (nSPS) is 10.2. The van der Waals surface area contributed by atoms with Gasteiger partial charge in [-0.1, -0.05) is 12.1 Å². The molecule has 0 saturated carbocycles. The maximum absolute atomic E-state index is 11.2. The molecule has 0 aliphatic rings. The van der Waals surface area contributed by atoms with E-state index in [0.717, 1.165) is 11.3 Å². The minimum Gasteiger partial charge on any atom is -0.504 e. The molecule has 0 heterocycles. The predicted octanol–water partition coefficient (Wildman–Crippen LogP) is 2.83. The van der Waals surface area contributed by atoms with Crippen molar-refractivity contribution in [2.75, 3.05) is 26.1 Å². The first-order valence-corrected chi connectivity index (χ1v) is 6.36. The molecule has 5 nitrogen and oxygen atoms in total. The van der Waals surface area contributed by atoms with E-state index in [9.17, 15) is 9.90 Å². The summed E-state index contributed by atoms with van der Waals surface area (Å²) in [7, 11) is 5.25. The Morgan fingerprint density at radius 2 is 1.76 bits per heavy atom. The van der Waals surface area contributed by atoms with Gasteiger partial charge in [0.05, 0.1) is 12.7 Å². The van der Waals surface area contributed by atoms with Gasteiger partial charge in [0.15, 0.2) is 11.5 Å². The number of ether oxygens (including phenoxy) is 1. The lowest BCUT2D eigenvalue weighted by Crippen LogP contribution is -2.07. The van der Waals surface area contributed by atoms with Crippen molar-refractivity contribution in [2.45, 2.75) is 0 Å². The average Bonchev–Trinajstić information content (AvgIpc) is 2.47. The van der Waals surface area contributed by atoms with Crippen LogP contribution in [-0.2, 0) is 0 Å². The number of nitrogens with zero attached hydrogens (tertiary/aromatic N) is 1. The fourth-order valence-corrected chi connectivity index (χ4v) is 2.05. The van der Waals surface area contributed by atoms with Crippen LogP contribution in [0, 0.1) is 0 Å². The SMILES string of the molecule is COc1cc(C(=O)O)cc(-c2ccc(N(C)C)cc2)c1O. The summed E-state index contributed by atoms with van der Waals surface area (Å²) in [5.74, 6) is -0.999. The Kier molecular flexibility index (Phi) is 4.03. The van der Waals surface area contributed by atoms with Gasteiger partial charge in [-0.15, -0.1) is 0 Å². The molecule has 2 aromatic carbocycles. The molecule has 0 aromatic heterocycles. The summed E-state index contributed by atoms with van der Waals surface area (Å²) in [4.78, 5) is 13.1. The van der Waals surface area contributed by atoms with Crippen LogP contribution in [0.2, 0.25) is 0 Å². The van der Waals surface area contributed by atoms with Crippen LogP contribution in [0.3, 0.4) is 0 Å². The maximum Gasteiger partial charge on any atom is 0.335 e. The highest BCUT2D eigenvalue weighted by Gasteiger charge is 2.15. The van der Waals surface area contributed by atoms with Crippen LogP contribution in [0.25, 0.3) is 11.1 Å². The van der Waals surface area contributed by atoms with Crippen molar-refractivity contribution in [1.82, 2.24) is 0 Å². The van der Waals surface area contributed by atoms with E-state index < -0.39 is 5.97 Å². The molecule has 0 bridgehead atoms.